The van der Waals surface area contributed by atoms with Crippen molar-refractivity contribution in [1.82, 2.24) is 0 Å². The molecule has 0 aromatic heterocycles. The van der Waals surface area contributed by atoms with Crippen molar-refractivity contribution in [3.05, 3.63) is 54.1 Å². The average Bonchev–Trinajstić information content (AvgIpc) is 2.68. The molecule has 0 radical (unpaired) electrons. The Morgan fingerprint density at radius 1 is 0.875 bits per heavy atom. The zero-order valence-electron chi connectivity index (χ0n) is 16.5. The molecular weight excluding hydrogens is 292 g/mol. The lowest BCUT2D eigenvalue weighted by molar-refractivity contribution is 0.439. The Labute approximate surface area is 148 Å². The van der Waals surface area contributed by atoms with Crippen LogP contribution >= 0.6 is 0 Å². The number of anilines is 3. The first-order valence-corrected chi connectivity index (χ1v) is 9.17. The highest BCUT2D eigenvalue weighted by atomic mass is 15.1. The highest BCUT2D eigenvalue weighted by molar-refractivity contribution is 5.77. The smallest absolute Gasteiger partial charge is 0.0643 e. The van der Waals surface area contributed by atoms with E-state index >= 15 is 0 Å². The minimum atomic E-state index is 0.208. The first-order valence-electron chi connectivity index (χ1n) is 9.17. The molecule has 0 aliphatic rings. The van der Waals surface area contributed by atoms with Gasteiger partial charge in [-0.25, -0.2) is 0 Å². The average molecular weight is 327 g/mol. The van der Waals surface area contributed by atoms with Crippen molar-refractivity contribution < 1.29 is 0 Å². The van der Waals surface area contributed by atoms with Crippen LogP contribution in [0.1, 0.15) is 53.0 Å². The molecule has 0 spiro atoms. The summed E-state index contributed by atoms with van der Waals surface area (Å²) in [5.74, 6) is 0. The standard InChI is InChI=1S/C20H28N2.C2H6/c1-6-20(3,7-2)16-12-8-10-14-18(16)22(5)19-15-11-9-13-17(19)21-4;1-2/h8-15,21H,6-7H2,1-5H3;1-2H3. The summed E-state index contributed by atoms with van der Waals surface area (Å²) in [5.41, 5.74) is 5.27. The summed E-state index contributed by atoms with van der Waals surface area (Å²) in [6, 6.07) is 17.2. The van der Waals surface area contributed by atoms with E-state index in [0.29, 0.717) is 0 Å². The van der Waals surface area contributed by atoms with Crippen molar-refractivity contribution in [2.75, 3.05) is 24.3 Å². The molecule has 0 fully saturated rings. The van der Waals surface area contributed by atoms with E-state index in [1.807, 2.05) is 20.9 Å². The van der Waals surface area contributed by atoms with Gasteiger partial charge in [0.15, 0.2) is 0 Å². The van der Waals surface area contributed by atoms with Crippen molar-refractivity contribution in [1.29, 1.82) is 0 Å². The molecule has 1 N–H and O–H groups in total. The SMILES string of the molecule is CC.CCC(C)(CC)c1ccccc1N(C)c1ccccc1NC. The molecule has 0 amide bonds. The van der Waals surface area contributed by atoms with Gasteiger partial charge >= 0.3 is 0 Å². The molecule has 0 saturated heterocycles. The Kier molecular flexibility index (Phi) is 7.84. The second kappa shape index (κ2) is 9.36. The highest BCUT2D eigenvalue weighted by Crippen LogP contribution is 2.40. The van der Waals surface area contributed by atoms with Gasteiger partial charge in [-0.1, -0.05) is 65.0 Å². The van der Waals surface area contributed by atoms with Crippen molar-refractivity contribution in [3.8, 4) is 0 Å². The van der Waals surface area contributed by atoms with Gasteiger partial charge in [-0.05, 0) is 42.0 Å². The van der Waals surface area contributed by atoms with Crippen LogP contribution in [0.5, 0.6) is 0 Å². The van der Waals surface area contributed by atoms with Crippen LogP contribution in [0, 0.1) is 0 Å². The molecule has 132 valence electrons. The number of para-hydroxylation sites is 3. The summed E-state index contributed by atoms with van der Waals surface area (Å²) < 4.78 is 0. The van der Waals surface area contributed by atoms with Crippen LogP contribution in [0.2, 0.25) is 0 Å². The van der Waals surface area contributed by atoms with E-state index in [2.05, 4.69) is 86.6 Å². The van der Waals surface area contributed by atoms with E-state index in [1.165, 1.54) is 16.9 Å². The van der Waals surface area contributed by atoms with Crippen LogP contribution < -0.4 is 10.2 Å². The maximum Gasteiger partial charge on any atom is 0.0643 e. The van der Waals surface area contributed by atoms with Crippen molar-refractivity contribution in [2.45, 2.75) is 52.9 Å². The summed E-state index contributed by atoms with van der Waals surface area (Å²) in [6.07, 6.45) is 2.28. The van der Waals surface area contributed by atoms with Gasteiger partial charge in [0.1, 0.15) is 0 Å². The number of hydrogen-bond donors (Lipinski definition) is 1. The van der Waals surface area contributed by atoms with Crippen molar-refractivity contribution in [3.63, 3.8) is 0 Å². The molecule has 0 aliphatic carbocycles. The molecule has 2 nitrogen and oxygen atoms in total. The molecule has 2 heteroatoms. The fraction of sp³-hybridized carbons (Fsp3) is 0.455. The maximum absolute atomic E-state index is 3.29. The molecule has 2 aromatic carbocycles. The second-order valence-corrected chi connectivity index (χ2v) is 6.11. The first-order chi connectivity index (χ1) is 11.6. The summed E-state index contributed by atoms with van der Waals surface area (Å²) in [4.78, 5) is 2.30. The summed E-state index contributed by atoms with van der Waals surface area (Å²) in [6.45, 7) is 10.9. The van der Waals surface area contributed by atoms with Gasteiger partial charge in [0.25, 0.3) is 0 Å². The topological polar surface area (TPSA) is 15.3 Å². The van der Waals surface area contributed by atoms with E-state index in [9.17, 15) is 0 Å². The Morgan fingerprint density at radius 3 is 1.92 bits per heavy atom. The van der Waals surface area contributed by atoms with E-state index in [1.54, 1.807) is 0 Å². The van der Waals surface area contributed by atoms with Gasteiger partial charge in [0, 0.05) is 19.8 Å². The maximum atomic E-state index is 3.29. The molecule has 0 bridgehead atoms. The number of benzene rings is 2. The predicted octanol–water partition coefficient (Wildman–Crippen LogP) is 6.60. The minimum Gasteiger partial charge on any atom is -0.386 e. The van der Waals surface area contributed by atoms with E-state index in [4.69, 9.17) is 0 Å². The number of nitrogens with zero attached hydrogens (tertiary/aromatic N) is 1. The fourth-order valence-electron chi connectivity index (χ4n) is 3.01. The second-order valence-electron chi connectivity index (χ2n) is 6.11. The Bertz CT molecular complexity index is 615. The lowest BCUT2D eigenvalue weighted by Gasteiger charge is -2.33. The third-order valence-corrected chi connectivity index (χ3v) is 5.01. The lowest BCUT2D eigenvalue weighted by atomic mass is 9.77. The normalized spacial score (nSPS) is 10.6. The third kappa shape index (κ3) is 4.11. The Balaban J connectivity index is 0.00000139. The summed E-state index contributed by atoms with van der Waals surface area (Å²) in [5, 5.41) is 3.29. The number of rotatable bonds is 6. The number of hydrogen-bond acceptors (Lipinski definition) is 2. The highest BCUT2D eigenvalue weighted by Gasteiger charge is 2.26. The largest absolute Gasteiger partial charge is 0.386 e. The van der Waals surface area contributed by atoms with Crippen molar-refractivity contribution >= 4 is 17.1 Å². The lowest BCUT2D eigenvalue weighted by Crippen LogP contribution is -2.24. The van der Waals surface area contributed by atoms with Gasteiger partial charge in [-0.15, -0.1) is 0 Å². The van der Waals surface area contributed by atoms with Gasteiger partial charge in [-0.3, -0.25) is 0 Å². The zero-order valence-corrected chi connectivity index (χ0v) is 16.5. The van der Waals surface area contributed by atoms with Gasteiger partial charge < -0.3 is 10.2 Å². The van der Waals surface area contributed by atoms with Crippen LogP contribution in [0.15, 0.2) is 48.5 Å². The summed E-state index contributed by atoms with van der Waals surface area (Å²) in [7, 11) is 4.13. The van der Waals surface area contributed by atoms with E-state index in [-0.39, 0.29) is 5.41 Å². The Morgan fingerprint density at radius 2 is 1.38 bits per heavy atom. The zero-order chi connectivity index (χ0) is 18.2. The van der Waals surface area contributed by atoms with Gasteiger partial charge in [0.05, 0.1) is 11.4 Å². The quantitative estimate of drug-likeness (QED) is 0.643. The molecule has 0 unspecified atom stereocenters. The molecule has 24 heavy (non-hydrogen) atoms. The molecule has 0 saturated carbocycles. The molecular formula is C22H34N2. The monoisotopic (exact) mass is 326 g/mol. The van der Waals surface area contributed by atoms with Crippen LogP contribution in [0.3, 0.4) is 0 Å². The van der Waals surface area contributed by atoms with Gasteiger partial charge in [-0.2, -0.15) is 0 Å². The van der Waals surface area contributed by atoms with E-state index < -0.39 is 0 Å². The Hall–Kier alpha value is -1.96. The molecule has 0 atom stereocenters. The van der Waals surface area contributed by atoms with Gasteiger partial charge in [0.2, 0.25) is 0 Å². The van der Waals surface area contributed by atoms with Crippen LogP contribution in [-0.4, -0.2) is 14.1 Å². The fourth-order valence-corrected chi connectivity index (χ4v) is 3.01. The van der Waals surface area contributed by atoms with Crippen LogP contribution in [0.4, 0.5) is 17.1 Å². The first kappa shape index (κ1) is 20.1. The molecule has 0 aliphatic heterocycles. The van der Waals surface area contributed by atoms with Crippen LogP contribution in [-0.2, 0) is 5.41 Å². The third-order valence-electron chi connectivity index (χ3n) is 5.01. The summed E-state index contributed by atoms with van der Waals surface area (Å²) >= 11 is 0. The van der Waals surface area contributed by atoms with E-state index in [0.717, 1.165) is 18.5 Å². The molecule has 2 aromatic rings. The molecule has 0 heterocycles. The number of nitrogens with one attached hydrogen (secondary N) is 1. The van der Waals surface area contributed by atoms with Crippen LogP contribution in [0.25, 0.3) is 0 Å². The predicted molar refractivity (Wildman–Crippen MR) is 110 cm³/mol. The minimum absolute atomic E-state index is 0.208. The molecule has 2 rings (SSSR count). The van der Waals surface area contributed by atoms with Crippen molar-refractivity contribution in [2.24, 2.45) is 0 Å².